The molecule has 3 N–H and O–H groups in total. The van der Waals surface area contributed by atoms with E-state index in [0.717, 1.165) is 30.5 Å². The number of aromatic nitrogens is 1. The van der Waals surface area contributed by atoms with Gasteiger partial charge in [0.25, 0.3) is 0 Å². The van der Waals surface area contributed by atoms with Crippen LogP contribution < -0.4 is 16.2 Å². The van der Waals surface area contributed by atoms with Gasteiger partial charge in [0.2, 0.25) is 0 Å². The van der Waals surface area contributed by atoms with E-state index in [9.17, 15) is 4.79 Å². The van der Waals surface area contributed by atoms with Gasteiger partial charge in [-0.2, -0.15) is 0 Å². The first-order valence-corrected chi connectivity index (χ1v) is 7.30. The Morgan fingerprint density at radius 3 is 3.10 bits per heavy atom. The third-order valence-corrected chi connectivity index (χ3v) is 4.14. The molecule has 2 amide bonds. The van der Waals surface area contributed by atoms with Crippen LogP contribution in [-0.4, -0.2) is 29.0 Å². The Balaban J connectivity index is 2.02. The van der Waals surface area contributed by atoms with Crippen molar-refractivity contribution in [1.82, 2.24) is 20.6 Å². The van der Waals surface area contributed by atoms with E-state index in [0.29, 0.717) is 18.2 Å². The molecule has 0 radical (unpaired) electrons. The van der Waals surface area contributed by atoms with E-state index in [-0.39, 0.29) is 6.03 Å². The third kappa shape index (κ3) is 1.99. The molecule has 1 aromatic heterocycles. The highest BCUT2D eigenvalue weighted by Crippen LogP contribution is 2.40. The van der Waals surface area contributed by atoms with Crippen molar-refractivity contribution < 1.29 is 4.79 Å². The van der Waals surface area contributed by atoms with Gasteiger partial charge in [-0.25, -0.2) is 15.2 Å². The van der Waals surface area contributed by atoms with Crippen LogP contribution >= 0.6 is 11.6 Å². The number of anilines is 1. The fraction of sp³-hybridized carbons (Fsp3) is 0.538. The highest BCUT2D eigenvalue weighted by molar-refractivity contribution is 6.29. The molecule has 108 valence electrons. The zero-order valence-electron chi connectivity index (χ0n) is 11.4. The van der Waals surface area contributed by atoms with E-state index in [1.54, 1.807) is 12.3 Å². The lowest BCUT2D eigenvalue weighted by molar-refractivity contribution is 0.105. The lowest BCUT2D eigenvalue weighted by Crippen LogP contribution is -2.55. The maximum atomic E-state index is 12.1. The topological polar surface area (TPSA) is 69.3 Å². The predicted octanol–water partition coefficient (Wildman–Crippen LogP) is 2.03. The number of hydrazine groups is 1. The van der Waals surface area contributed by atoms with Crippen LogP contribution in [0.15, 0.2) is 12.3 Å². The van der Waals surface area contributed by atoms with E-state index >= 15 is 0 Å². The summed E-state index contributed by atoms with van der Waals surface area (Å²) in [5, 5.41) is 3.30. The first-order valence-electron chi connectivity index (χ1n) is 6.92. The summed E-state index contributed by atoms with van der Waals surface area (Å²) < 4.78 is 0. The Kier molecular flexibility index (Phi) is 3.43. The number of amides is 2. The predicted molar refractivity (Wildman–Crippen MR) is 77.3 cm³/mol. The molecular formula is C13H18ClN5O. The minimum atomic E-state index is -0.538. The van der Waals surface area contributed by atoms with E-state index in [1.807, 2.05) is 4.90 Å². The van der Waals surface area contributed by atoms with Crippen molar-refractivity contribution >= 4 is 23.3 Å². The van der Waals surface area contributed by atoms with Crippen LogP contribution in [0.1, 0.15) is 31.7 Å². The lowest BCUT2D eigenvalue weighted by atomic mass is 9.94. The van der Waals surface area contributed by atoms with Crippen molar-refractivity contribution in [2.24, 2.45) is 0 Å². The number of pyridine rings is 1. The molecule has 1 saturated heterocycles. The van der Waals surface area contributed by atoms with Gasteiger partial charge in [-0.1, -0.05) is 24.9 Å². The Labute approximate surface area is 122 Å². The number of rotatable bonds is 4. The molecule has 2 aliphatic heterocycles. The lowest BCUT2D eigenvalue weighted by Gasteiger charge is -2.37. The van der Waals surface area contributed by atoms with Gasteiger partial charge < -0.3 is 10.7 Å². The van der Waals surface area contributed by atoms with Crippen LogP contribution in [0, 0.1) is 0 Å². The average molecular weight is 296 g/mol. The molecular weight excluding hydrogens is 278 g/mol. The largest absolute Gasteiger partial charge is 0.336 e. The second-order valence-corrected chi connectivity index (χ2v) is 5.54. The van der Waals surface area contributed by atoms with Crippen molar-refractivity contribution in [2.45, 2.75) is 31.8 Å². The van der Waals surface area contributed by atoms with E-state index in [2.05, 4.69) is 28.1 Å². The van der Waals surface area contributed by atoms with E-state index < -0.39 is 5.66 Å². The summed E-state index contributed by atoms with van der Waals surface area (Å²) in [6, 6.07) is 1.74. The number of urea groups is 1. The van der Waals surface area contributed by atoms with Gasteiger partial charge in [0.15, 0.2) is 0 Å². The van der Waals surface area contributed by atoms with E-state index in [1.165, 1.54) is 0 Å². The molecule has 1 atom stereocenters. The number of unbranched alkanes of at least 4 members (excludes halogenated alkanes) is 1. The fourth-order valence-electron chi connectivity index (χ4n) is 2.91. The number of nitrogens with one attached hydrogen (secondary N) is 3. The van der Waals surface area contributed by atoms with Crippen molar-refractivity contribution in [1.29, 1.82) is 0 Å². The van der Waals surface area contributed by atoms with Crippen molar-refractivity contribution in [2.75, 3.05) is 18.5 Å². The first-order chi connectivity index (χ1) is 9.67. The Bertz CT molecular complexity index is 537. The normalized spacial score (nSPS) is 24.5. The second kappa shape index (κ2) is 5.10. The Morgan fingerprint density at radius 2 is 2.40 bits per heavy atom. The maximum Gasteiger partial charge on any atom is 0.319 e. The summed E-state index contributed by atoms with van der Waals surface area (Å²) in [6.45, 7) is 3.49. The zero-order chi connectivity index (χ0) is 14.2. The second-order valence-electron chi connectivity index (χ2n) is 5.15. The molecule has 0 saturated carbocycles. The number of carbonyl (C=O) groups is 1. The average Bonchev–Trinajstić information content (AvgIpc) is 3.01. The summed E-state index contributed by atoms with van der Waals surface area (Å²) in [7, 11) is 0. The number of fused-ring (bicyclic) bond motifs is 1. The monoisotopic (exact) mass is 295 g/mol. The van der Waals surface area contributed by atoms with Gasteiger partial charge in [-0.15, -0.1) is 0 Å². The molecule has 0 aromatic carbocycles. The van der Waals surface area contributed by atoms with Gasteiger partial charge in [0.1, 0.15) is 10.8 Å². The quantitative estimate of drug-likeness (QED) is 0.744. The molecule has 3 rings (SSSR count). The maximum absolute atomic E-state index is 12.1. The third-order valence-electron chi connectivity index (χ3n) is 3.93. The SMILES string of the molecule is CCCCC1(N2CCNC2=O)NNc2cc(Cl)ncc21. The zero-order valence-corrected chi connectivity index (χ0v) is 12.1. The molecule has 20 heavy (non-hydrogen) atoms. The van der Waals surface area contributed by atoms with Crippen LogP contribution in [0.25, 0.3) is 0 Å². The molecule has 0 spiro atoms. The minimum Gasteiger partial charge on any atom is -0.336 e. The number of carbonyl (C=O) groups excluding carboxylic acids is 1. The minimum absolute atomic E-state index is 0.0433. The van der Waals surface area contributed by atoms with Crippen molar-refractivity contribution in [3.05, 3.63) is 23.0 Å². The molecule has 7 heteroatoms. The fourth-order valence-corrected chi connectivity index (χ4v) is 3.07. The molecule has 1 unspecified atom stereocenters. The summed E-state index contributed by atoms with van der Waals surface area (Å²) in [4.78, 5) is 18.1. The highest BCUT2D eigenvalue weighted by atomic mass is 35.5. The number of hydrogen-bond acceptors (Lipinski definition) is 4. The number of halogens is 1. The Morgan fingerprint density at radius 1 is 1.55 bits per heavy atom. The van der Waals surface area contributed by atoms with E-state index in [4.69, 9.17) is 11.6 Å². The van der Waals surface area contributed by atoms with Crippen LogP contribution in [0.4, 0.5) is 10.5 Å². The molecule has 3 heterocycles. The Hall–Kier alpha value is -1.53. The van der Waals surface area contributed by atoms with Crippen molar-refractivity contribution in [3.63, 3.8) is 0 Å². The van der Waals surface area contributed by atoms with Gasteiger partial charge in [0.05, 0.1) is 5.69 Å². The smallest absolute Gasteiger partial charge is 0.319 e. The van der Waals surface area contributed by atoms with Crippen molar-refractivity contribution in [3.8, 4) is 0 Å². The van der Waals surface area contributed by atoms with Crippen LogP contribution in [0.5, 0.6) is 0 Å². The summed E-state index contributed by atoms with van der Waals surface area (Å²) in [5.74, 6) is 0. The molecule has 1 fully saturated rings. The van der Waals surface area contributed by atoms with Gasteiger partial charge >= 0.3 is 6.03 Å². The summed E-state index contributed by atoms with van der Waals surface area (Å²) in [5.41, 5.74) is 7.76. The van der Waals surface area contributed by atoms with Crippen LogP contribution in [0.2, 0.25) is 5.15 Å². The highest BCUT2D eigenvalue weighted by Gasteiger charge is 2.47. The summed E-state index contributed by atoms with van der Waals surface area (Å²) in [6.07, 6.45) is 4.67. The van der Waals surface area contributed by atoms with Gasteiger partial charge in [0, 0.05) is 30.9 Å². The summed E-state index contributed by atoms with van der Waals surface area (Å²) >= 11 is 5.94. The molecule has 0 bridgehead atoms. The first kappa shape index (κ1) is 13.5. The molecule has 1 aromatic rings. The standard InChI is InChI=1S/C13H18ClN5O/c1-2-3-4-13(19-6-5-15-12(19)20)9-8-16-11(14)7-10(9)17-18-13/h7-8,17-18H,2-6H2,1H3,(H,15,20). The number of hydrogen-bond donors (Lipinski definition) is 3. The molecule has 0 aliphatic carbocycles. The van der Waals surface area contributed by atoms with Crippen LogP contribution in [-0.2, 0) is 5.66 Å². The molecule has 2 aliphatic rings. The number of nitrogens with zero attached hydrogens (tertiary/aromatic N) is 2. The van der Waals surface area contributed by atoms with Crippen LogP contribution in [0.3, 0.4) is 0 Å². The molecule has 6 nitrogen and oxygen atoms in total. The van der Waals surface area contributed by atoms with Gasteiger partial charge in [-0.3, -0.25) is 4.90 Å². The van der Waals surface area contributed by atoms with Gasteiger partial charge in [-0.05, 0) is 12.8 Å².